The summed E-state index contributed by atoms with van der Waals surface area (Å²) in [5, 5.41) is 2.85. The molecule has 0 fully saturated rings. The van der Waals surface area contributed by atoms with Gasteiger partial charge in [0.25, 0.3) is 0 Å². The molecule has 0 N–H and O–H groups in total. The number of amides is 1. The molecule has 7 heteroatoms. The van der Waals surface area contributed by atoms with Gasteiger partial charge in [-0.3, -0.25) is 4.79 Å². The summed E-state index contributed by atoms with van der Waals surface area (Å²) < 4.78 is 11.6. The summed E-state index contributed by atoms with van der Waals surface area (Å²) in [4.78, 5) is 27.6. The molecular formula is C20H20BrNO4S. The Hall–Kier alpha value is -2.12. The van der Waals surface area contributed by atoms with Crippen LogP contribution in [0.4, 0.5) is 0 Å². The lowest BCUT2D eigenvalue weighted by Gasteiger charge is -2.16. The van der Waals surface area contributed by atoms with Crippen molar-refractivity contribution in [2.75, 3.05) is 14.2 Å². The highest BCUT2D eigenvalue weighted by Crippen LogP contribution is 2.25. The molecule has 0 unspecified atom stereocenters. The number of thiophene rings is 1. The third-order valence-corrected chi connectivity index (χ3v) is 6.21. The molecule has 0 saturated carbocycles. The molecule has 0 aliphatic heterocycles. The van der Waals surface area contributed by atoms with E-state index in [0.29, 0.717) is 29.9 Å². The van der Waals surface area contributed by atoms with Gasteiger partial charge in [0.15, 0.2) is 0 Å². The van der Waals surface area contributed by atoms with E-state index in [1.807, 2.05) is 30.5 Å². The molecule has 2 heterocycles. The van der Waals surface area contributed by atoms with Crippen molar-refractivity contribution in [2.45, 2.75) is 26.3 Å². The Morgan fingerprint density at radius 3 is 2.78 bits per heavy atom. The van der Waals surface area contributed by atoms with Gasteiger partial charge in [0.1, 0.15) is 11.3 Å². The summed E-state index contributed by atoms with van der Waals surface area (Å²) >= 11 is 5.02. The van der Waals surface area contributed by atoms with Crippen LogP contribution in [0.1, 0.15) is 22.4 Å². The summed E-state index contributed by atoms with van der Waals surface area (Å²) in [7, 11) is 3.34. The lowest BCUT2D eigenvalue weighted by atomic mass is 10.0. The van der Waals surface area contributed by atoms with Gasteiger partial charge in [0.05, 0.1) is 13.7 Å². The maximum atomic E-state index is 12.5. The third-order valence-electron chi connectivity index (χ3n) is 4.52. The van der Waals surface area contributed by atoms with E-state index < -0.39 is 5.63 Å². The molecule has 1 amide bonds. The van der Waals surface area contributed by atoms with Gasteiger partial charge in [0, 0.05) is 45.2 Å². The molecular weight excluding hydrogens is 430 g/mol. The van der Waals surface area contributed by atoms with Gasteiger partial charge in [-0.2, -0.15) is 0 Å². The maximum Gasteiger partial charge on any atom is 0.339 e. The molecule has 0 atom stereocenters. The molecule has 0 aliphatic carbocycles. The Kier molecular flexibility index (Phi) is 6.01. The van der Waals surface area contributed by atoms with Crippen molar-refractivity contribution in [3.63, 3.8) is 0 Å². The number of benzene rings is 1. The minimum Gasteiger partial charge on any atom is -0.497 e. The van der Waals surface area contributed by atoms with Crippen LogP contribution < -0.4 is 10.4 Å². The standard InChI is InChI=1S/C20H20BrNO4S/c1-12-16-5-4-14(25-3)9-18(16)26-20(24)17(12)6-7-19(23)22(2)10-15-8-13(21)11-27-15/h4-5,8-9,11H,6-7,10H2,1-3H3. The van der Waals surface area contributed by atoms with Gasteiger partial charge < -0.3 is 14.1 Å². The Balaban J connectivity index is 1.74. The van der Waals surface area contributed by atoms with E-state index in [0.717, 1.165) is 20.3 Å². The summed E-state index contributed by atoms with van der Waals surface area (Å²) in [6.07, 6.45) is 0.615. The van der Waals surface area contributed by atoms with Crippen LogP contribution >= 0.6 is 27.3 Å². The fourth-order valence-corrected chi connectivity index (χ4v) is 4.48. The molecule has 3 aromatic rings. The molecule has 3 rings (SSSR count). The number of carbonyl (C=O) groups is 1. The van der Waals surface area contributed by atoms with E-state index in [1.165, 1.54) is 0 Å². The summed E-state index contributed by atoms with van der Waals surface area (Å²) in [5.41, 5.74) is 1.49. The zero-order valence-corrected chi connectivity index (χ0v) is 17.8. The first-order valence-corrected chi connectivity index (χ1v) is 10.1. The number of carbonyl (C=O) groups excluding carboxylic acids is 1. The Labute approximate surface area is 169 Å². The van der Waals surface area contributed by atoms with Gasteiger partial charge in [0.2, 0.25) is 5.91 Å². The van der Waals surface area contributed by atoms with Gasteiger partial charge in [-0.05, 0) is 53.0 Å². The molecule has 0 radical (unpaired) electrons. The van der Waals surface area contributed by atoms with Crippen LogP contribution in [0.25, 0.3) is 11.0 Å². The number of halogens is 1. The number of hydrogen-bond donors (Lipinski definition) is 0. The largest absolute Gasteiger partial charge is 0.497 e. The molecule has 2 aromatic heterocycles. The average molecular weight is 450 g/mol. The number of hydrogen-bond acceptors (Lipinski definition) is 5. The maximum absolute atomic E-state index is 12.5. The zero-order chi connectivity index (χ0) is 19.6. The van der Waals surface area contributed by atoms with Crippen LogP contribution in [0.2, 0.25) is 0 Å². The predicted octanol–water partition coefficient (Wildman–Crippen LogP) is 4.53. The number of ether oxygens (including phenoxy) is 1. The van der Waals surface area contributed by atoms with Crippen LogP contribution in [-0.2, 0) is 17.8 Å². The smallest absolute Gasteiger partial charge is 0.339 e. The van der Waals surface area contributed by atoms with Crippen LogP contribution in [0.3, 0.4) is 0 Å². The molecule has 0 saturated heterocycles. The highest BCUT2D eigenvalue weighted by atomic mass is 79.9. The second kappa shape index (κ2) is 8.27. The Morgan fingerprint density at radius 1 is 1.33 bits per heavy atom. The molecule has 0 spiro atoms. The highest BCUT2D eigenvalue weighted by molar-refractivity contribution is 9.10. The molecule has 5 nitrogen and oxygen atoms in total. The number of fused-ring (bicyclic) bond motifs is 1. The van der Waals surface area contributed by atoms with E-state index in [9.17, 15) is 9.59 Å². The Bertz CT molecular complexity index is 1040. The second-order valence-electron chi connectivity index (χ2n) is 6.34. The average Bonchev–Trinajstić information content (AvgIpc) is 3.05. The summed E-state index contributed by atoms with van der Waals surface area (Å²) in [6.45, 7) is 2.44. The van der Waals surface area contributed by atoms with Gasteiger partial charge in [-0.15, -0.1) is 11.3 Å². The first-order chi connectivity index (χ1) is 12.9. The minimum atomic E-state index is -0.397. The summed E-state index contributed by atoms with van der Waals surface area (Å²) in [6, 6.07) is 7.41. The lowest BCUT2D eigenvalue weighted by molar-refractivity contribution is -0.130. The van der Waals surface area contributed by atoms with Crippen molar-refractivity contribution in [2.24, 2.45) is 0 Å². The molecule has 142 valence electrons. The van der Waals surface area contributed by atoms with Crippen molar-refractivity contribution < 1.29 is 13.9 Å². The minimum absolute atomic E-state index is 0.00634. The number of aryl methyl sites for hydroxylation is 1. The van der Waals surface area contributed by atoms with Crippen molar-refractivity contribution in [1.82, 2.24) is 4.90 Å². The highest BCUT2D eigenvalue weighted by Gasteiger charge is 2.16. The van der Waals surface area contributed by atoms with Crippen LogP contribution in [0.15, 0.2) is 43.3 Å². The van der Waals surface area contributed by atoms with Gasteiger partial charge in [-0.25, -0.2) is 4.79 Å². The fraction of sp³-hybridized carbons (Fsp3) is 0.300. The number of methoxy groups -OCH3 is 1. The monoisotopic (exact) mass is 449 g/mol. The third kappa shape index (κ3) is 4.42. The van der Waals surface area contributed by atoms with Crippen molar-refractivity contribution in [3.05, 3.63) is 60.5 Å². The first kappa shape index (κ1) is 19.6. The first-order valence-electron chi connectivity index (χ1n) is 8.46. The molecule has 0 aliphatic rings. The number of nitrogens with zero attached hydrogens (tertiary/aromatic N) is 1. The van der Waals surface area contributed by atoms with Crippen molar-refractivity contribution in [3.8, 4) is 5.75 Å². The van der Waals surface area contributed by atoms with E-state index in [2.05, 4.69) is 15.9 Å². The van der Waals surface area contributed by atoms with E-state index in [-0.39, 0.29) is 12.3 Å². The van der Waals surface area contributed by atoms with Crippen LogP contribution in [0, 0.1) is 6.92 Å². The van der Waals surface area contributed by atoms with Crippen LogP contribution in [0.5, 0.6) is 5.75 Å². The van der Waals surface area contributed by atoms with E-state index in [4.69, 9.17) is 9.15 Å². The van der Waals surface area contributed by atoms with E-state index in [1.54, 1.807) is 36.5 Å². The topological polar surface area (TPSA) is 59.8 Å². The normalized spacial score (nSPS) is 11.0. The summed E-state index contributed by atoms with van der Waals surface area (Å²) in [5.74, 6) is 0.628. The second-order valence-corrected chi connectivity index (χ2v) is 8.25. The predicted molar refractivity (Wildman–Crippen MR) is 111 cm³/mol. The fourth-order valence-electron chi connectivity index (χ4n) is 2.97. The van der Waals surface area contributed by atoms with Crippen molar-refractivity contribution >= 4 is 44.1 Å². The molecule has 0 bridgehead atoms. The van der Waals surface area contributed by atoms with Gasteiger partial charge in [-0.1, -0.05) is 0 Å². The van der Waals surface area contributed by atoms with Crippen molar-refractivity contribution in [1.29, 1.82) is 0 Å². The number of rotatable bonds is 6. The van der Waals surface area contributed by atoms with Gasteiger partial charge >= 0.3 is 5.63 Å². The zero-order valence-electron chi connectivity index (χ0n) is 15.4. The Morgan fingerprint density at radius 2 is 2.11 bits per heavy atom. The quantitative estimate of drug-likeness (QED) is 0.518. The SMILES string of the molecule is COc1ccc2c(C)c(CCC(=O)N(C)Cc3cc(Br)cs3)c(=O)oc2c1. The van der Waals surface area contributed by atoms with Crippen LogP contribution in [-0.4, -0.2) is 25.0 Å². The molecule has 27 heavy (non-hydrogen) atoms. The molecule has 1 aromatic carbocycles. The van der Waals surface area contributed by atoms with E-state index >= 15 is 0 Å². The lowest BCUT2D eigenvalue weighted by Crippen LogP contribution is -2.26.